The van der Waals surface area contributed by atoms with Crippen molar-refractivity contribution >= 4 is 64.1 Å². The number of ether oxygens (including phenoxy) is 1. The Morgan fingerprint density at radius 3 is 2.55 bits per heavy atom. The third kappa shape index (κ3) is 6.74. The van der Waals surface area contributed by atoms with Gasteiger partial charge in [-0.1, -0.05) is 54.5 Å². The molecule has 3 aliphatic heterocycles. The highest BCUT2D eigenvalue weighted by Gasteiger charge is 2.51. The summed E-state index contributed by atoms with van der Waals surface area (Å²) in [5.41, 5.74) is 4.21. The molecule has 0 aliphatic carbocycles. The van der Waals surface area contributed by atoms with E-state index in [1.54, 1.807) is 30.6 Å². The lowest BCUT2D eigenvalue weighted by Crippen LogP contribution is -2.72. The molecule has 2 N–H and O–H groups in total. The number of aromatic amines is 1. The van der Waals surface area contributed by atoms with Crippen LogP contribution in [0, 0.1) is 17.3 Å². The summed E-state index contributed by atoms with van der Waals surface area (Å²) < 4.78 is 6.23. The topological polar surface area (TPSA) is 154 Å². The van der Waals surface area contributed by atoms with E-state index < -0.39 is 29.9 Å². The molecule has 4 amide bonds. The van der Waals surface area contributed by atoms with Crippen LogP contribution in [-0.4, -0.2) is 92.9 Å². The van der Waals surface area contributed by atoms with Gasteiger partial charge >= 0.3 is 0 Å². The number of benzene rings is 2. The Labute approximate surface area is 332 Å². The molecule has 0 saturated carbocycles. The molecule has 0 radical (unpaired) electrons. The number of fused-ring (bicyclic) bond motifs is 2. The van der Waals surface area contributed by atoms with Gasteiger partial charge < -0.3 is 9.64 Å². The fraction of sp³-hybridized carbons (Fsp3) is 0.293. The molecule has 2 fully saturated rings. The molecule has 284 valence electrons. The van der Waals surface area contributed by atoms with Crippen molar-refractivity contribution in [2.24, 2.45) is 5.41 Å². The largest absolute Gasteiger partial charge is 0.486 e. The van der Waals surface area contributed by atoms with Gasteiger partial charge in [-0.05, 0) is 55.8 Å². The highest BCUT2D eigenvalue weighted by atomic mass is 35.5. The van der Waals surface area contributed by atoms with E-state index in [1.165, 1.54) is 0 Å². The smallest absolute Gasteiger partial charge is 0.263 e. The van der Waals surface area contributed by atoms with Crippen LogP contribution in [0.4, 0.5) is 5.82 Å². The summed E-state index contributed by atoms with van der Waals surface area (Å²) in [6.07, 6.45) is 5.57. The Hall–Kier alpha value is -5.81. The lowest BCUT2D eigenvalue weighted by molar-refractivity contribution is -0.128. The Kier molecular flexibility index (Phi) is 9.96. The van der Waals surface area contributed by atoms with Crippen molar-refractivity contribution in [3.05, 3.63) is 99.4 Å². The molecule has 3 aromatic heterocycles. The van der Waals surface area contributed by atoms with Crippen molar-refractivity contribution in [2.75, 3.05) is 37.6 Å². The zero-order valence-corrected chi connectivity index (χ0v) is 32.0. The number of amides is 4. The van der Waals surface area contributed by atoms with Crippen molar-refractivity contribution in [3.8, 4) is 28.8 Å². The SMILES string of the molecule is CCCC(C(=O)NC=O)N1C(=O)c2cccc(C#CCN3CC4(C3)CN(c3ccc(-c5n[nH]c6ccc(O[C@H](C)c7c(Cl)cncc7Cl)cc56)cn3)C4)c2C1=O. The molecule has 15 heteroatoms. The molecule has 3 aliphatic rings. The fourth-order valence-electron chi connectivity index (χ4n) is 7.95. The second-order valence-electron chi connectivity index (χ2n) is 14.4. The van der Waals surface area contributed by atoms with Crippen LogP contribution in [0.1, 0.15) is 64.6 Å². The average Bonchev–Trinajstić information content (AvgIpc) is 3.68. The van der Waals surface area contributed by atoms with Gasteiger partial charge in [0.15, 0.2) is 0 Å². The molecule has 56 heavy (non-hydrogen) atoms. The van der Waals surface area contributed by atoms with Crippen LogP contribution >= 0.6 is 23.2 Å². The van der Waals surface area contributed by atoms with Crippen molar-refractivity contribution < 1.29 is 23.9 Å². The van der Waals surface area contributed by atoms with E-state index in [0.29, 0.717) is 39.9 Å². The van der Waals surface area contributed by atoms with Gasteiger partial charge in [0.2, 0.25) is 12.3 Å². The zero-order chi connectivity index (χ0) is 39.1. The first-order chi connectivity index (χ1) is 27.1. The van der Waals surface area contributed by atoms with Gasteiger partial charge in [-0.25, -0.2) is 4.98 Å². The number of hydrogen-bond donors (Lipinski definition) is 2. The quantitative estimate of drug-likeness (QED) is 0.0972. The molecule has 2 saturated heterocycles. The number of nitrogens with zero attached hydrogens (tertiary/aromatic N) is 6. The number of carbonyl (C=O) groups is 4. The Balaban J connectivity index is 0.868. The van der Waals surface area contributed by atoms with Crippen LogP contribution in [0.25, 0.3) is 22.2 Å². The van der Waals surface area contributed by atoms with Crippen molar-refractivity contribution in [2.45, 2.75) is 38.8 Å². The maximum atomic E-state index is 13.5. The molecular weight excluding hydrogens is 755 g/mol. The summed E-state index contributed by atoms with van der Waals surface area (Å²) >= 11 is 12.7. The summed E-state index contributed by atoms with van der Waals surface area (Å²) in [5.74, 6) is 6.00. The third-order valence-electron chi connectivity index (χ3n) is 10.5. The highest BCUT2D eigenvalue weighted by Crippen LogP contribution is 2.42. The van der Waals surface area contributed by atoms with Gasteiger partial charge in [0.1, 0.15) is 29.4 Å². The van der Waals surface area contributed by atoms with Crippen LogP contribution in [-0.2, 0) is 9.59 Å². The van der Waals surface area contributed by atoms with Gasteiger partial charge in [-0.15, -0.1) is 0 Å². The predicted octanol–water partition coefficient (Wildman–Crippen LogP) is 5.68. The minimum atomic E-state index is -1.08. The van der Waals surface area contributed by atoms with E-state index in [9.17, 15) is 19.2 Å². The van der Waals surface area contributed by atoms with Gasteiger partial charge in [0.25, 0.3) is 11.8 Å². The maximum Gasteiger partial charge on any atom is 0.263 e. The number of H-pyrrole nitrogens is 1. The maximum absolute atomic E-state index is 13.5. The molecule has 2 atom stereocenters. The predicted molar refractivity (Wildman–Crippen MR) is 210 cm³/mol. The molecule has 1 spiro atoms. The number of halogens is 2. The van der Waals surface area contributed by atoms with Gasteiger partial charge in [-0.2, -0.15) is 5.10 Å². The molecule has 8 rings (SSSR count). The van der Waals surface area contributed by atoms with Crippen LogP contribution in [0.15, 0.2) is 67.1 Å². The summed E-state index contributed by atoms with van der Waals surface area (Å²) in [6.45, 7) is 7.78. The zero-order valence-electron chi connectivity index (χ0n) is 30.5. The number of aromatic nitrogens is 4. The van der Waals surface area contributed by atoms with Crippen molar-refractivity contribution in [3.63, 3.8) is 0 Å². The number of likely N-dealkylation sites (tertiary alicyclic amines) is 1. The summed E-state index contributed by atoms with van der Waals surface area (Å²) in [7, 11) is 0. The summed E-state index contributed by atoms with van der Waals surface area (Å²) in [6, 6.07) is 13.7. The molecule has 5 aromatic rings. The number of pyridine rings is 2. The van der Waals surface area contributed by atoms with E-state index in [2.05, 4.69) is 42.1 Å². The Morgan fingerprint density at radius 1 is 1.05 bits per heavy atom. The number of carbonyl (C=O) groups excluding carboxylic acids is 4. The van der Waals surface area contributed by atoms with Gasteiger partial charge in [0.05, 0.1) is 33.2 Å². The lowest BCUT2D eigenvalue weighted by atomic mass is 9.73. The van der Waals surface area contributed by atoms with Crippen LogP contribution < -0.4 is 15.0 Å². The van der Waals surface area contributed by atoms with E-state index in [0.717, 1.165) is 59.1 Å². The van der Waals surface area contributed by atoms with E-state index >= 15 is 0 Å². The van der Waals surface area contributed by atoms with Gasteiger partial charge in [-0.3, -0.25) is 44.4 Å². The standard InChI is InChI=1S/C41H36Cl2N8O5/c1-3-6-33(38(53)46-23-52)51-39(54)28-9-4-7-25(36(28)40(51)55)8-5-14-49-19-41(20-49)21-50(22-41)34-13-10-26(16-45-34)37-29-15-27(11-12-32(29)47-48-37)56-24(2)35-30(42)17-44-18-31(35)43/h4,7,9-13,15-18,23-24,33H,3,6,14,19-22H2,1-2H3,(H,47,48)(H,46,52,53)/t24-,33?/m1/s1. The molecular formula is C41H36Cl2N8O5. The highest BCUT2D eigenvalue weighted by molar-refractivity contribution is 6.35. The van der Waals surface area contributed by atoms with Gasteiger partial charge in [0, 0.05) is 72.3 Å². The second-order valence-corrected chi connectivity index (χ2v) is 15.2. The van der Waals surface area contributed by atoms with Crippen LogP contribution in [0.5, 0.6) is 5.75 Å². The number of nitrogens with one attached hydrogen (secondary N) is 2. The van der Waals surface area contributed by atoms with Crippen LogP contribution in [0.3, 0.4) is 0 Å². The van der Waals surface area contributed by atoms with Crippen LogP contribution in [0.2, 0.25) is 10.0 Å². The van der Waals surface area contributed by atoms with Crippen molar-refractivity contribution in [1.29, 1.82) is 0 Å². The normalized spacial score (nSPS) is 16.8. The molecule has 13 nitrogen and oxygen atoms in total. The first-order valence-corrected chi connectivity index (χ1v) is 19.0. The number of hydrogen-bond acceptors (Lipinski definition) is 10. The fourth-order valence-corrected chi connectivity index (χ4v) is 8.63. The minimum absolute atomic E-state index is 0.173. The lowest BCUT2D eigenvalue weighted by Gasteiger charge is -2.60. The van der Waals surface area contributed by atoms with E-state index in [1.807, 2.05) is 50.4 Å². The first kappa shape index (κ1) is 37.1. The summed E-state index contributed by atoms with van der Waals surface area (Å²) in [4.78, 5) is 64.4. The number of anilines is 1. The minimum Gasteiger partial charge on any atom is -0.486 e. The first-order valence-electron chi connectivity index (χ1n) is 18.2. The monoisotopic (exact) mass is 790 g/mol. The Morgan fingerprint density at radius 2 is 1.84 bits per heavy atom. The third-order valence-corrected chi connectivity index (χ3v) is 11.1. The number of rotatable bonds is 11. The average molecular weight is 792 g/mol. The molecule has 2 aromatic carbocycles. The summed E-state index contributed by atoms with van der Waals surface area (Å²) in [5, 5.41) is 11.5. The second kappa shape index (κ2) is 15.0. The molecule has 6 heterocycles. The van der Waals surface area contributed by atoms with E-state index in [4.69, 9.17) is 32.9 Å². The number of imide groups is 2. The Bertz CT molecular complexity index is 2430. The molecule has 0 bridgehead atoms. The molecule has 1 unspecified atom stereocenters. The van der Waals surface area contributed by atoms with E-state index in [-0.39, 0.29) is 29.4 Å². The van der Waals surface area contributed by atoms with Crippen molar-refractivity contribution in [1.82, 2.24) is 35.3 Å².